The number of amides is 9. The highest BCUT2D eigenvalue weighted by Gasteiger charge is 2.35. The molecule has 0 aliphatic heterocycles. The number of fused-ring (bicyclic) bond motifs is 2. The Hall–Kier alpha value is -8.07. The summed E-state index contributed by atoms with van der Waals surface area (Å²) in [6.07, 6.45) is 2.59. The van der Waals surface area contributed by atoms with Crippen molar-refractivity contribution in [2.45, 2.75) is 128 Å². The summed E-state index contributed by atoms with van der Waals surface area (Å²) in [5.41, 5.74) is 25.8. The Kier molecular flexibility index (Phi) is 20.8. The molecule has 5 rings (SSSR count). The average Bonchev–Trinajstić information content (AvgIpc) is 3.96. The normalized spacial score (nSPS) is 14.2. The number of para-hydroxylation sites is 2. The third kappa shape index (κ3) is 17.0. The Morgan fingerprint density at radius 3 is 1.30 bits per heavy atom. The molecule has 16 N–H and O–H groups in total. The Labute approximate surface area is 429 Å². The molecule has 0 aliphatic rings. The van der Waals surface area contributed by atoms with Gasteiger partial charge >= 0.3 is 0 Å². The highest BCUT2D eigenvalue weighted by atomic mass is 16.2. The summed E-state index contributed by atoms with van der Waals surface area (Å²) in [5.74, 6) is -6.96. The van der Waals surface area contributed by atoms with Gasteiger partial charge in [0.05, 0.1) is 6.04 Å². The van der Waals surface area contributed by atoms with E-state index in [0.29, 0.717) is 16.7 Å². The van der Waals surface area contributed by atoms with Gasteiger partial charge in [0.25, 0.3) is 0 Å². The van der Waals surface area contributed by atoms with Gasteiger partial charge in [-0.1, -0.05) is 94.4 Å². The van der Waals surface area contributed by atoms with Crippen LogP contribution < -0.4 is 54.8 Å². The van der Waals surface area contributed by atoms with E-state index in [2.05, 4.69) is 41.9 Å². The fourth-order valence-corrected chi connectivity index (χ4v) is 8.56. The van der Waals surface area contributed by atoms with E-state index in [1.165, 1.54) is 0 Å². The predicted octanol–water partition coefficient (Wildman–Crippen LogP) is 1.02. The van der Waals surface area contributed by atoms with Gasteiger partial charge in [-0.05, 0) is 66.3 Å². The Morgan fingerprint density at radius 1 is 0.446 bits per heavy atom. The van der Waals surface area contributed by atoms with Crippen molar-refractivity contribution in [1.29, 1.82) is 0 Å². The number of rotatable bonds is 29. The van der Waals surface area contributed by atoms with Crippen LogP contribution in [-0.4, -0.2) is 105 Å². The molecule has 0 saturated heterocycles. The maximum absolute atomic E-state index is 14.9. The van der Waals surface area contributed by atoms with Crippen LogP contribution >= 0.6 is 0 Å². The summed E-state index contributed by atoms with van der Waals surface area (Å²) >= 11 is 0. The van der Waals surface area contributed by atoms with E-state index < -0.39 is 95.5 Å². The molecule has 0 spiro atoms. The number of aromatic nitrogens is 2. The van der Waals surface area contributed by atoms with Crippen LogP contribution in [0.2, 0.25) is 0 Å². The quantitative estimate of drug-likeness (QED) is 0.0323. The molecular formula is C53H70N12O9. The monoisotopic (exact) mass is 1020 g/mol. The number of hydrogen-bond acceptors (Lipinski definition) is 10. The molecule has 2 heterocycles. The van der Waals surface area contributed by atoms with Crippen LogP contribution in [0.25, 0.3) is 21.8 Å². The minimum atomic E-state index is -1.43. The van der Waals surface area contributed by atoms with Crippen LogP contribution in [0.4, 0.5) is 0 Å². The number of carbonyl (C=O) groups excluding carboxylic acids is 9. The highest BCUT2D eigenvalue weighted by molar-refractivity contribution is 5.98. The molecule has 21 nitrogen and oxygen atoms in total. The van der Waals surface area contributed by atoms with Gasteiger partial charge in [0.15, 0.2) is 0 Å². The van der Waals surface area contributed by atoms with Crippen molar-refractivity contribution >= 4 is 75.0 Å². The number of carbonyl (C=O) groups is 9. The lowest BCUT2D eigenvalue weighted by atomic mass is 9.98. The largest absolute Gasteiger partial charge is 0.370 e. The third-order valence-electron chi connectivity index (χ3n) is 12.4. The van der Waals surface area contributed by atoms with Gasteiger partial charge in [-0.25, -0.2) is 0 Å². The first-order valence-electron chi connectivity index (χ1n) is 24.8. The van der Waals surface area contributed by atoms with Gasteiger partial charge in [0.1, 0.15) is 36.3 Å². The van der Waals surface area contributed by atoms with E-state index >= 15 is 0 Å². The second-order valence-electron chi connectivity index (χ2n) is 19.5. The summed E-state index contributed by atoms with van der Waals surface area (Å²) < 4.78 is 0. The maximum Gasteiger partial charge on any atom is 0.243 e. The van der Waals surface area contributed by atoms with E-state index in [1.54, 1.807) is 48.8 Å². The van der Waals surface area contributed by atoms with Gasteiger partial charge in [0.2, 0.25) is 53.2 Å². The van der Waals surface area contributed by atoms with E-state index in [-0.39, 0.29) is 69.6 Å². The van der Waals surface area contributed by atoms with E-state index in [1.807, 2.05) is 70.2 Å². The van der Waals surface area contributed by atoms with Crippen molar-refractivity contribution in [2.24, 2.45) is 34.8 Å². The lowest BCUT2D eigenvalue weighted by Crippen LogP contribution is -2.61. The van der Waals surface area contributed by atoms with Crippen molar-refractivity contribution in [3.05, 3.63) is 108 Å². The molecule has 7 atom stereocenters. The van der Waals surface area contributed by atoms with Crippen molar-refractivity contribution in [1.82, 2.24) is 41.9 Å². The van der Waals surface area contributed by atoms with Crippen LogP contribution in [0.5, 0.6) is 0 Å². The minimum absolute atomic E-state index is 0.00924. The zero-order valence-corrected chi connectivity index (χ0v) is 42.2. The summed E-state index contributed by atoms with van der Waals surface area (Å²) in [7, 11) is 0. The number of nitrogens with one attached hydrogen (secondary N) is 8. The van der Waals surface area contributed by atoms with Crippen LogP contribution in [-0.2, 0) is 62.4 Å². The molecule has 7 unspecified atom stereocenters. The number of primary amides is 3. The summed E-state index contributed by atoms with van der Waals surface area (Å²) in [4.78, 5) is 128. The summed E-state index contributed by atoms with van der Waals surface area (Å²) in [6.45, 7) is 7.49. The SMILES string of the molecule is CC(C)CC(NC(=O)C(CC(C)C)NC(=O)C(Cc1c[nH]c2ccccc12)NC(=O)C(Cc1ccccc1)NC(=O)C(Cc1c[nH]c2ccccc12)NC(=O)C(CCC(N)=O)NC(=O)C(N)CCC(N)=O)C(N)=O. The predicted molar refractivity (Wildman–Crippen MR) is 279 cm³/mol. The molecule has 2 aromatic heterocycles. The summed E-state index contributed by atoms with van der Waals surface area (Å²) in [6, 6.07) is 14.5. The van der Waals surface area contributed by atoms with E-state index in [9.17, 15) is 43.2 Å². The summed E-state index contributed by atoms with van der Waals surface area (Å²) in [5, 5.41) is 18.0. The number of benzene rings is 3. The average molecular weight is 1020 g/mol. The lowest BCUT2D eigenvalue weighted by molar-refractivity contribution is -0.135. The third-order valence-corrected chi connectivity index (χ3v) is 12.4. The van der Waals surface area contributed by atoms with E-state index in [0.717, 1.165) is 21.8 Å². The van der Waals surface area contributed by atoms with E-state index in [4.69, 9.17) is 22.9 Å². The molecule has 9 amide bonds. The molecule has 74 heavy (non-hydrogen) atoms. The second-order valence-corrected chi connectivity index (χ2v) is 19.5. The Morgan fingerprint density at radius 2 is 0.824 bits per heavy atom. The lowest BCUT2D eigenvalue weighted by Gasteiger charge is -2.28. The molecule has 0 radical (unpaired) electrons. The first-order chi connectivity index (χ1) is 35.2. The zero-order valence-electron chi connectivity index (χ0n) is 42.2. The van der Waals surface area contributed by atoms with Gasteiger partial charge in [0, 0.05) is 66.3 Å². The van der Waals surface area contributed by atoms with Crippen molar-refractivity contribution in [3.8, 4) is 0 Å². The number of H-pyrrole nitrogens is 2. The molecule has 21 heteroatoms. The van der Waals surface area contributed by atoms with Gasteiger partial charge < -0.3 is 64.8 Å². The van der Waals surface area contributed by atoms with Gasteiger partial charge in [-0.2, -0.15) is 0 Å². The zero-order chi connectivity index (χ0) is 54.1. The maximum atomic E-state index is 14.9. The van der Waals surface area contributed by atoms with Crippen LogP contribution in [0.15, 0.2) is 91.3 Å². The topological polar surface area (TPSA) is 361 Å². The molecule has 0 bridgehead atoms. The molecule has 0 fully saturated rings. The first kappa shape index (κ1) is 56.8. The molecule has 0 saturated carbocycles. The molecule has 5 aromatic rings. The van der Waals surface area contributed by atoms with Crippen LogP contribution in [0, 0.1) is 11.8 Å². The molecule has 396 valence electrons. The number of aromatic amines is 2. The highest BCUT2D eigenvalue weighted by Crippen LogP contribution is 2.22. The molecular weight excluding hydrogens is 949 g/mol. The smallest absolute Gasteiger partial charge is 0.243 e. The van der Waals surface area contributed by atoms with Crippen LogP contribution in [0.3, 0.4) is 0 Å². The fraction of sp³-hybridized carbons (Fsp3) is 0.415. The van der Waals surface area contributed by atoms with Crippen molar-refractivity contribution < 1.29 is 43.2 Å². The molecule has 3 aromatic carbocycles. The standard InChI is InChI=1S/C53H70N12O9/c1-29(2)22-40(47(57)68)61-50(71)41(23-30(3)4)62-52(73)44(26-33-28-59-38-17-11-9-15-35(33)38)65-51(72)42(24-31-12-6-5-7-13-31)63-53(74)43(25-32-27-58-37-16-10-8-14-34(32)37)64-49(70)39(19-21-46(56)67)60-48(69)36(54)18-20-45(55)66/h5-17,27-30,36,39-44,58-59H,18-26,54H2,1-4H3,(H2,55,66)(H2,56,67)(H2,57,68)(H,60,69)(H,61,71)(H,62,73)(H,63,74)(H,64,70)(H,65,72). The number of nitrogens with two attached hydrogens (primary N) is 4. The fourth-order valence-electron chi connectivity index (χ4n) is 8.56. The first-order valence-corrected chi connectivity index (χ1v) is 24.8. The molecule has 0 aliphatic carbocycles. The Bertz CT molecular complexity index is 2770. The van der Waals surface area contributed by atoms with Gasteiger partial charge in [-0.15, -0.1) is 0 Å². The van der Waals surface area contributed by atoms with Crippen LogP contribution in [0.1, 0.15) is 82.9 Å². The minimum Gasteiger partial charge on any atom is -0.370 e. The Balaban J connectivity index is 1.50. The van der Waals surface area contributed by atoms with Gasteiger partial charge in [-0.3, -0.25) is 43.2 Å². The van der Waals surface area contributed by atoms with Crippen molar-refractivity contribution in [3.63, 3.8) is 0 Å². The number of hydrogen-bond donors (Lipinski definition) is 12. The van der Waals surface area contributed by atoms with Crippen molar-refractivity contribution in [2.75, 3.05) is 0 Å². The second kappa shape index (κ2) is 27.1.